The molecule has 116 valence electrons. The van der Waals surface area contributed by atoms with Crippen molar-refractivity contribution < 1.29 is 4.39 Å². The van der Waals surface area contributed by atoms with Crippen LogP contribution in [0.1, 0.15) is 58.1 Å². The highest BCUT2D eigenvalue weighted by Gasteiger charge is 2.34. The van der Waals surface area contributed by atoms with Crippen molar-refractivity contribution in [1.82, 2.24) is 5.32 Å². The van der Waals surface area contributed by atoms with Gasteiger partial charge in [0.2, 0.25) is 0 Å². The first-order valence-electron chi connectivity index (χ1n) is 8.13. The Kier molecular flexibility index (Phi) is 4.33. The third kappa shape index (κ3) is 3.45. The SMILES string of the molecule is CC1CC(C)(C)CCC1NC1CCSc2ccc(F)cc21. The van der Waals surface area contributed by atoms with E-state index in [0.29, 0.717) is 23.4 Å². The third-order valence-electron chi connectivity index (χ3n) is 5.12. The van der Waals surface area contributed by atoms with Crippen molar-refractivity contribution >= 4 is 11.8 Å². The number of hydrogen-bond donors (Lipinski definition) is 1. The number of benzene rings is 1. The smallest absolute Gasteiger partial charge is 0.123 e. The van der Waals surface area contributed by atoms with Crippen LogP contribution in [0.2, 0.25) is 0 Å². The molecule has 1 N–H and O–H groups in total. The molecule has 0 spiro atoms. The van der Waals surface area contributed by atoms with Crippen molar-refractivity contribution in [3.05, 3.63) is 29.6 Å². The van der Waals surface area contributed by atoms with Crippen LogP contribution in [0.4, 0.5) is 4.39 Å². The van der Waals surface area contributed by atoms with E-state index in [1.54, 1.807) is 12.1 Å². The Morgan fingerprint density at radius 1 is 1.29 bits per heavy atom. The molecule has 1 nitrogen and oxygen atoms in total. The summed E-state index contributed by atoms with van der Waals surface area (Å²) in [5, 5.41) is 3.85. The maximum atomic E-state index is 13.6. The first-order valence-corrected chi connectivity index (χ1v) is 9.11. The molecule has 1 fully saturated rings. The van der Waals surface area contributed by atoms with Gasteiger partial charge in [0.05, 0.1) is 0 Å². The van der Waals surface area contributed by atoms with E-state index in [9.17, 15) is 4.39 Å². The van der Waals surface area contributed by atoms with Crippen LogP contribution >= 0.6 is 11.8 Å². The van der Waals surface area contributed by atoms with Crippen molar-refractivity contribution in [2.45, 2.75) is 63.4 Å². The van der Waals surface area contributed by atoms with Crippen molar-refractivity contribution in [3.8, 4) is 0 Å². The summed E-state index contributed by atoms with van der Waals surface area (Å²) in [6.45, 7) is 7.12. The highest BCUT2D eigenvalue weighted by molar-refractivity contribution is 7.99. The molecular formula is C18H26FNS. The first-order chi connectivity index (χ1) is 9.94. The predicted octanol–water partition coefficient (Wildman–Crippen LogP) is 5.17. The van der Waals surface area contributed by atoms with Crippen LogP contribution in [0, 0.1) is 17.2 Å². The average molecular weight is 307 g/mol. The van der Waals surface area contributed by atoms with Gasteiger partial charge in [-0.15, -0.1) is 11.8 Å². The molecule has 0 saturated heterocycles. The Hall–Kier alpha value is -0.540. The molecule has 1 aromatic rings. The highest BCUT2D eigenvalue weighted by atomic mass is 32.2. The summed E-state index contributed by atoms with van der Waals surface area (Å²) >= 11 is 1.86. The fraction of sp³-hybridized carbons (Fsp3) is 0.667. The van der Waals surface area contributed by atoms with E-state index in [2.05, 4.69) is 26.1 Å². The number of halogens is 1. The summed E-state index contributed by atoms with van der Waals surface area (Å²) in [6, 6.07) is 6.15. The summed E-state index contributed by atoms with van der Waals surface area (Å²) in [7, 11) is 0. The zero-order valence-electron chi connectivity index (χ0n) is 13.3. The van der Waals surface area contributed by atoms with E-state index in [4.69, 9.17) is 0 Å². The van der Waals surface area contributed by atoms with E-state index in [-0.39, 0.29) is 5.82 Å². The van der Waals surface area contributed by atoms with Gasteiger partial charge < -0.3 is 5.32 Å². The lowest BCUT2D eigenvalue weighted by Gasteiger charge is -2.42. The average Bonchev–Trinajstić information content (AvgIpc) is 2.42. The van der Waals surface area contributed by atoms with Crippen LogP contribution < -0.4 is 5.32 Å². The number of nitrogens with one attached hydrogen (secondary N) is 1. The van der Waals surface area contributed by atoms with Gasteiger partial charge in [0, 0.05) is 17.0 Å². The molecular weight excluding hydrogens is 281 g/mol. The molecule has 1 aliphatic heterocycles. The Balaban J connectivity index is 1.73. The molecule has 0 amide bonds. The van der Waals surface area contributed by atoms with E-state index in [1.165, 1.54) is 29.7 Å². The van der Waals surface area contributed by atoms with Gasteiger partial charge >= 0.3 is 0 Å². The number of thioether (sulfide) groups is 1. The fourth-order valence-corrected chi connectivity index (χ4v) is 5.10. The molecule has 1 aliphatic carbocycles. The van der Waals surface area contributed by atoms with E-state index in [0.717, 1.165) is 12.2 Å². The van der Waals surface area contributed by atoms with Crippen molar-refractivity contribution in [2.75, 3.05) is 5.75 Å². The second-order valence-corrected chi connectivity index (χ2v) is 8.67. The van der Waals surface area contributed by atoms with E-state index < -0.39 is 0 Å². The van der Waals surface area contributed by atoms with Gasteiger partial charge in [-0.1, -0.05) is 20.8 Å². The van der Waals surface area contributed by atoms with Crippen LogP contribution in [-0.2, 0) is 0 Å². The second kappa shape index (κ2) is 5.92. The van der Waals surface area contributed by atoms with Crippen molar-refractivity contribution in [1.29, 1.82) is 0 Å². The minimum absolute atomic E-state index is 0.110. The number of hydrogen-bond acceptors (Lipinski definition) is 2. The summed E-state index contributed by atoms with van der Waals surface area (Å²) in [6.07, 6.45) is 4.91. The Labute approximate surface area is 132 Å². The molecule has 1 aromatic carbocycles. The monoisotopic (exact) mass is 307 g/mol. The second-order valence-electron chi connectivity index (χ2n) is 7.53. The lowest BCUT2D eigenvalue weighted by Crippen LogP contribution is -2.43. The predicted molar refractivity (Wildman–Crippen MR) is 88.2 cm³/mol. The molecule has 3 rings (SSSR count). The Morgan fingerprint density at radius 2 is 2.10 bits per heavy atom. The molecule has 2 aliphatic rings. The summed E-state index contributed by atoms with van der Waals surface area (Å²) in [5.41, 5.74) is 1.65. The number of rotatable bonds is 2. The van der Waals surface area contributed by atoms with Gasteiger partial charge in [0.15, 0.2) is 0 Å². The molecule has 21 heavy (non-hydrogen) atoms. The summed E-state index contributed by atoms with van der Waals surface area (Å²) in [5.74, 6) is 1.71. The summed E-state index contributed by atoms with van der Waals surface area (Å²) in [4.78, 5) is 1.25. The molecule has 0 aromatic heterocycles. The van der Waals surface area contributed by atoms with Crippen LogP contribution in [0.5, 0.6) is 0 Å². The molecule has 1 saturated carbocycles. The molecule has 0 bridgehead atoms. The lowest BCUT2D eigenvalue weighted by molar-refractivity contribution is 0.140. The third-order valence-corrected chi connectivity index (χ3v) is 6.24. The molecule has 3 heteroatoms. The molecule has 1 heterocycles. The maximum Gasteiger partial charge on any atom is 0.123 e. The topological polar surface area (TPSA) is 12.0 Å². The van der Waals surface area contributed by atoms with E-state index >= 15 is 0 Å². The van der Waals surface area contributed by atoms with Crippen LogP contribution in [0.15, 0.2) is 23.1 Å². The molecule has 3 unspecified atom stereocenters. The van der Waals surface area contributed by atoms with Gasteiger partial charge in [0.1, 0.15) is 5.82 Å². The van der Waals surface area contributed by atoms with Gasteiger partial charge in [-0.2, -0.15) is 0 Å². The Morgan fingerprint density at radius 3 is 2.86 bits per heavy atom. The normalized spacial score (nSPS) is 31.7. The standard InChI is InChI=1S/C18H26FNS/c1-12-11-18(2,3)8-6-15(12)20-16-7-9-21-17-5-4-13(19)10-14(16)17/h4-5,10,12,15-16,20H,6-9,11H2,1-3H3. The van der Waals surface area contributed by atoms with Gasteiger partial charge in [-0.25, -0.2) is 4.39 Å². The van der Waals surface area contributed by atoms with Gasteiger partial charge in [-0.3, -0.25) is 0 Å². The van der Waals surface area contributed by atoms with Crippen LogP contribution in [0.3, 0.4) is 0 Å². The Bertz CT molecular complexity index is 514. The lowest BCUT2D eigenvalue weighted by atomic mass is 9.70. The van der Waals surface area contributed by atoms with Crippen LogP contribution in [0.25, 0.3) is 0 Å². The van der Waals surface area contributed by atoms with Crippen LogP contribution in [-0.4, -0.2) is 11.8 Å². The number of fused-ring (bicyclic) bond motifs is 1. The quantitative estimate of drug-likeness (QED) is 0.809. The minimum atomic E-state index is -0.110. The van der Waals surface area contributed by atoms with Crippen molar-refractivity contribution in [3.63, 3.8) is 0 Å². The molecule has 0 radical (unpaired) electrons. The first kappa shape index (κ1) is 15.4. The van der Waals surface area contributed by atoms with Gasteiger partial charge in [0.25, 0.3) is 0 Å². The summed E-state index contributed by atoms with van der Waals surface area (Å²) < 4.78 is 13.6. The molecule has 3 atom stereocenters. The largest absolute Gasteiger partial charge is 0.307 e. The highest BCUT2D eigenvalue weighted by Crippen LogP contribution is 2.41. The van der Waals surface area contributed by atoms with Crippen molar-refractivity contribution in [2.24, 2.45) is 11.3 Å². The maximum absolute atomic E-state index is 13.6. The zero-order valence-corrected chi connectivity index (χ0v) is 14.1. The van der Waals surface area contributed by atoms with E-state index in [1.807, 2.05) is 17.8 Å². The minimum Gasteiger partial charge on any atom is -0.307 e. The zero-order chi connectivity index (χ0) is 15.0. The fourth-order valence-electron chi connectivity index (χ4n) is 3.99. The van der Waals surface area contributed by atoms with Gasteiger partial charge in [-0.05, 0) is 66.5 Å².